The van der Waals surface area contributed by atoms with E-state index in [4.69, 9.17) is 4.74 Å². The van der Waals surface area contributed by atoms with Crippen LogP contribution in [0.3, 0.4) is 0 Å². The monoisotopic (exact) mass is 674 g/mol. The molecule has 1 aliphatic heterocycles. The van der Waals surface area contributed by atoms with E-state index in [1.807, 2.05) is 0 Å². The largest absolute Gasteiger partial charge is 0.456 e. The van der Waals surface area contributed by atoms with Crippen LogP contribution < -0.4 is 19.7 Å². The number of para-hydroxylation sites is 3. The van der Waals surface area contributed by atoms with E-state index in [-0.39, 0.29) is 0 Å². The normalized spacial score (nSPS) is 12.0. The summed E-state index contributed by atoms with van der Waals surface area (Å²) in [7, 11) is -1.43. The van der Waals surface area contributed by atoms with Gasteiger partial charge < -0.3 is 14.5 Å². The number of anilines is 6. The SMILES string of the molecule is C[Si](C)(C)c1ccc(N(c2ccccc2)c2ccc3c(c2)Oc2cccc4c2c-3cc2ccc(N(c3ccccc3)c3ccccc3)cc24)cc1. The van der Waals surface area contributed by atoms with Crippen LogP contribution in [0.2, 0.25) is 19.6 Å². The predicted molar refractivity (Wildman–Crippen MR) is 219 cm³/mol. The molecule has 0 spiro atoms. The molecule has 0 atom stereocenters. The van der Waals surface area contributed by atoms with Gasteiger partial charge in [0.1, 0.15) is 11.5 Å². The number of nitrogens with zero attached hydrogens (tertiary/aromatic N) is 2. The van der Waals surface area contributed by atoms with Gasteiger partial charge in [-0.05, 0) is 107 Å². The fourth-order valence-corrected chi connectivity index (χ4v) is 8.58. The molecule has 0 aromatic heterocycles. The van der Waals surface area contributed by atoms with Crippen LogP contribution in [0, 0.1) is 0 Å². The molecule has 1 heterocycles. The highest BCUT2D eigenvalue weighted by molar-refractivity contribution is 6.88. The first-order valence-corrected chi connectivity index (χ1v) is 21.1. The van der Waals surface area contributed by atoms with Crippen LogP contribution in [0.15, 0.2) is 176 Å². The summed E-state index contributed by atoms with van der Waals surface area (Å²) < 4.78 is 6.81. The molecule has 246 valence electrons. The average molecular weight is 675 g/mol. The summed E-state index contributed by atoms with van der Waals surface area (Å²) in [5.74, 6) is 1.75. The second-order valence-electron chi connectivity index (χ2n) is 14.3. The maximum atomic E-state index is 6.81. The van der Waals surface area contributed by atoms with E-state index in [1.165, 1.54) is 26.9 Å². The van der Waals surface area contributed by atoms with Gasteiger partial charge in [-0.3, -0.25) is 0 Å². The van der Waals surface area contributed by atoms with Crippen LogP contribution in [-0.2, 0) is 0 Å². The van der Waals surface area contributed by atoms with E-state index in [9.17, 15) is 0 Å². The molecular formula is C47H38N2OSi. The van der Waals surface area contributed by atoms with Crippen LogP contribution in [0.25, 0.3) is 32.7 Å². The lowest BCUT2D eigenvalue weighted by molar-refractivity contribution is 0.487. The molecule has 0 amide bonds. The summed E-state index contributed by atoms with van der Waals surface area (Å²) in [5, 5.41) is 6.18. The van der Waals surface area contributed by atoms with Gasteiger partial charge in [0.25, 0.3) is 0 Å². The Labute approximate surface area is 300 Å². The zero-order chi connectivity index (χ0) is 34.5. The highest BCUT2D eigenvalue weighted by Gasteiger charge is 2.25. The van der Waals surface area contributed by atoms with Crippen molar-refractivity contribution in [3.8, 4) is 22.6 Å². The lowest BCUT2D eigenvalue weighted by atomic mass is 9.90. The van der Waals surface area contributed by atoms with E-state index < -0.39 is 8.07 Å². The number of hydrogen-bond donors (Lipinski definition) is 0. The highest BCUT2D eigenvalue weighted by Crippen LogP contribution is 2.51. The number of hydrogen-bond acceptors (Lipinski definition) is 3. The van der Waals surface area contributed by atoms with Crippen LogP contribution in [0.4, 0.5) is 34.1 Å². The third kappa shape index (κ3) is 5.54. The minimum absolute atomic E-state index is 0.863. The molecule has 0 aliphatic carbocycles. The van der Waals surface area contributed by atoms with Crippen molar-refractivity contribution in [3.05, 3.63) is 176 Å². The molecule has 3 nitrogen and oxygen atoms in total. The van der Waals surface area contributed by atoms with Crippen molar-refractivity contribution in [1.29, 1.82) is 0 Å². The maximum absolute atomic E-state index is 6.81. The summed E-state index contributed by atoms with van der Waals surface area (Å²) in [6.07, 6.45) is 0. The Morgan fingerprint density at radius 2 is 0.922 bits per heavy atom. The van der Waals surface area contributed by atoms with Gasteiger partial charge in [-0.25, -0.2) is 0 Å². The predicted octanol–water partition coefficient (Wildman–Crippen LogP) is 13.3. The number of fused-ring (bicyclic) bond motifs is 4. The van der Waals surface area contributed by atoms with E-state index in [2.05, 4.69) is 205 Å². The second kappa shape index (κ2) is 12.3. The first-order valence-electron chi connectivity index (χ1n) is 17.6. The van der Waals surface area contributed by atoms with E-state index in [0.717, 1.165) is 56.6 Å². The maximum Gasteiger partial charge on any atom is 0.137 e. The van der Waals surface area contributed by atoms with Gasteiger partial charge in [-0.1, -0.05) is 110 Å². The van der Waals surface area contributed by atoms with Crippen molar-refractivity contribution in [1.82, 2.24) is 0 Å². The number of benzene rings is 8. The molecule has 0 radical (unpaired) electrons. The number of ether oxygens (including phenoxy) is 1. The summed E-state index contributed by atoms with van der Waals surface area (Å²) in [5.41, 5.74) is 8.95. The van der Waals surface area contributed by atoms with Crippen LogP contribution in [-0.4, -0.2) is 8.07 Å². The van der Waals surface area contributed by atoms with Gasteiger partial charge in [-0.15, -0.1) is 0 Å². The Morgan fingerprint density at radius 3 is 1.51 bits per heavy atom. The Bertz CT molecular complexity index is 2490. The molecule has 0 bridgehead atoms. The molecule has 0 saturated heterocycles. The average Bonchev–Trinajstić information content (AvgIpc) is 3.16. The van der Waals surface area contributed by atoms with Gasteiger partial charge in [0, 0.05) is 51.1 Å². The summed E-state index contributed by atoms with van der Waals surface area (Å²) in [6, 6.07) is 63.1. The standard InChI is InChI=1S/C47H38N2OSi/c1-51(2,3)40-27-24-37(25-28-40)49(36-18-11-6-12-19-36)39-26-29-41-44-30-33-22-23-38(48(34-14-7-4-8-15-34)35-16-9-5-10-17-35)31-43(33)42-20-13-21-45(47(42)44)50-46(41)32-39/h4-32H,1-3H3. The quantitative estimate of drug-likeness (QED) is 0.124. The third-order valence-corrected chi connectivity index (χ3v) is 12.0. The molecule has 9 rings (SSSR count). The first-order chi connectivity index (χ1) is 24.9. The molecule has 4 heteroatoms. The molecule has 0 saturated carbocycles. The minimum atomic E-state index is -1.43. The van der Waals surface area contributed by atoms with E-state index >= 15 is 0 Å². The van der Waals surface area contributed by atoms with Crippen LogP contribution in [0.1, 0.15) is 0 Å². The van der Waals surface area contributed by atoms with Crippen LogP contribution >= 0.6 is 0 Å². The van der Waals surface area contributed by atoms with Crippen molar-refractivity contribution in [2.24, 2.45) is 0 Å². The van der Waals surface area contributed by atoms with Crippen molar-refractivity contribution < 1.29 is 4.74 Å². The third-order valence-electron chi connectivity index (χ3n) is 9.95. The lowest BCUT2D eigenvalue weighted by Crippen LogP contribution is -2.37. The summed E-state index contributed by atoms with van der Waals surface area (Å²) >= 11 is 0. The van der Waals surface area contributed by atoms with Gasteiger partial charge in [0.05, 0.1) is 8.07 Å². The summed E-state index contributed by atoms with van der Waals surface area (Å²) in [4.78, 5) is 4.64. The van der Waals surface area contributed by atoms with Crippen molar-refractivity contribution in [2.45, 2.75) is 19.6 Å². The molecular weight excluding hydrogens is 637 g/mol. The van der Waals surface area contributed by atoms with E-state index in [0.29, 0.717) is 0 Å². The molecule has 0 fully saturated rings. The molecule has 51 heavy (non-hydrogen) atoms. The molecule has 8 aromatic carbocycles. The second-order valence-corrected chi connectivity index (χ2v) is 19.3. The number of rotatable bonds is 7. The first kappa shape index (κ1) is 30.9. The molecule has 8 aromatic rings. The van der Waals surface area contributed by atoms with Crippen molar-refractivity contribution in [3.63, 3.8) is 0 Å². The molecule has 0 unspecified atom stereocenters. The van der Waals surface area contributed by atoms with Gasteiger partial charge in [-0.2, -0.15) is 0 Å². The zero-order valence-corrected chi connectivity index (χ0v) is 30.0. The van der Waals surface area contributed by atoms with Crippen molar-refractivity contribution in [2.75, 3.05) is 9.80 Å². The van der Waals surface area contributed by atoms with Gasteiger partial charge in [0.15, 0.2) is 0 Å². The summed E-state index contributed by atoms with van der Waals surface area (Å²) in [6.45, 7) is 7.17. The zero-order valence-electron chi connectivity index (χ0n) is 29.0. The Kier molecular flexibility index (Phi) is 7.48. The Morgan fingerprint density at radius 1 is 0.392 bits per heavy atom. The lowest BCUT2D eigenvalue weighted by Gasteiger charge is -2.29. The minimum Gasteiger partial charge on any atom is -0.456 e. The smallest absolute Gasteiger partial charge is 0.137 e. The van der Waals surface area contributed by atoms with Gasteiger partial charge >= 0.3 is 0 Å². The van der Waals surface area contributed by atoms with Gasteiger partial charge in [0.2, 0.25) is 0 Å². The highest BCUT2D eigenvalue weighted by atomic mass is 28.3. The molecule has 0 N–H and O–H groups in total. The molecule has 1 aliphatic rings. The van der Waals surface area contributed by atoms with Crippen LogP contribution in [0.5, 0.6) is 11.5 Å². The Hall–Kier alpha value is -6.10. The fourth-order valence-electron chi connectivity index (χ4n) is 7.41. The Balaban J connectivity index is 1.17. The van der Waals surface area contributed by atoms with Crippen molar-refractivity contribution >= 4 is 68.9 Å². The fraction of sp³-hybridized carbons (Fsp3) is 0.0638. The van der Waals surface area contributed by atoms with E-state index in [1.54, 1.807) is 0 Å². The topological polar surface area (TPSA) is 15.7 Å².